The summed E-state index contributed by atoms with van der Waals surface area (Å²) in [6.07, 6.45) is 5.26. The lowest BCUT2D eigenvalue weighted by Gasteiger charge is -2.37. The highest BCUT2D eigenvalue weighted by atomic mass is 16.7. The zero-order valence-corrected chi connectivity index (χ0v) is 15.0. The van der Waals surface area contributed by atoms with Gasteiger partial charge in [0.1, 0.15) is 5.82 Å². The molecule has 1 spiro atoms. The Morgan fingerprint density at radius 1 is 0.926 bits per heavy atom. The molecular weight excluding hydrogens is 342 g/mol. The fraction of sp³-hybridized carbons (Fsp3) is 0.350. The largest absolute Gasteiger partial charge is 0.347 e. The van der Waals surface area contributed by atoms with Crippen LogP contribution in [0.25, 0.3) is 10.9 Å². The molecule has 2 aliphatic heterocycles. The molecule has 2 aromatic heterocycles. The summed E-state index contributed by atoms with van der Waals surface area (Å²) in [6, 6.07) is 11.9. The number of aromatic nitrogens is 3. The maximum absolute atomic E-state index is 5.80. The van der Waals surface area contributed by atoms with Gasteiger partial charge >= 0.3 is 0 Å². The molecule has 0 amide bonds. The Labute approximate surface area is 157 Å². The molecular formula is C20H21N5O2. The Balaban J connectivity index is 1.35. The van der Waals surface area contributed by atoms with E-state index in [0.29, 0.717) is 13.2 Å². The molecule has 1 aromatic carbocycles. The van der Waals surface area contributed by atoms with Gasteiger partial charge in [0.05, 0.1) is 24.4 Å². The Hall–Kier alpha value is -2.77. The summed E-state index contributed by atoms with van der Waals surface area (Å²) >= 11 is 0. The second-order valence-electron chi connectivity index (χ2n) is 6.84. The maximum Gasteiger partial charge on any atom is 0.227 e. The van der Waals surface area contributed by atoms with Crippen LogP contribution in [-0.2, 0) is 9.47 Å². The van der Waals surface area contributed by atoms with E-state index < -0.39 is 0 Å². The first-order chi connectivity index (χ1) is 13.3. The zero-order chi connectivity index (χ0) is 18.1. The van der Waals surface area contributed by atoms with Crippen molar-refractivity contribution in [1.29, 1.82) is 0 Å². The highest BCUT2D eigenvalue weighted by molar-refractivity contribution is 5.91. The lowest BCUT2D eigenvalue weighted by Crippen LogP contribution is -2.45. The molecule has 7 heteroatoms. The molecule has 0 radical (unpaired) electrons. The first-order valence-corrected chi connectivity index (χ1v) is 9.28. The second kappa shape index (κ2) is 6.75. The summed E-state index contributed by atoms with van der Waals surface area (Å²) in [7, 11) is 0. The van der Waals surface area contributed by atoms with Crippen LogP contribution in [0.15, 0.2) is 48.8 Å². The second-order valence-corrected chi connectivity index (χ2v) is 6.84. The Morgan fingerprint density at radius 2 is 1.74 bits per heavy atom. The number of rotatable bonds is 3. The van der Waals surface area contributed by atoms with Crippen LogP contribution in [0.4, 0.5) is 17.5 Å². The van der Waals surface area contributed by atoms with E-state index in [-0.39, 0.29) is 5.79 Å². The summed E-state index contributed by atoms with van der Waals surface area (Å²) in [5.41, 5.74) is 1.86. The Kier molecular flexibility index (Phi) is 4.10. The molecule has 0 aliphatic carbocycles. The average molecular weight is 363 g/mol. The monoisotopic (exact) mass is 363 g/mol. The van der Waals surface area contributed by atoms with Crippen molar-refractivity contribution in [2.75, 3.05) is 36.5 Å². The van der Waals surface area contributed by atoms with Crippen molar-refractivity contribution in [3.8, 4) is 0 Å². The van der Waals surface area contributed by atoms with Gasteiger partial charge in [-0.05, 0) is 18.2 Å². The van der Waals surface area contributed by atoms with Crippen LogP contribution in [0, 0.1) is 0 Å². The van der Waals surface area contributed by atoms with Gasteiger partial charge in [-0.2, -0.15) is 4.98 Å². The van der Waals surface area contributed by atoms with Gasteiger partial charge in [0.25, 0.3) is 0 Å². The summed E-state index contributed by atoms with van der Waals surface area (Å²) < 4.78 is 11.6. The zero-order valence-electron chi connectivity index (χ0n) is 15.0. The molecule has 0 bridgehead atoms. The minimum Gasteiger partial charge on any atom is -0.347 e. The van der Waals surface area contributed by atoms with Gasteiger partial charge in [-0.1, -0.05) is 18.2 Å². The molecule has 3 aromatic rings. The van der Waals surface area contributed by atoms with Crippen LogP contribution in [-0.4, -0.2) is 47.0 Å². The molecule has 7 nitrogen and oxygen atoms in total. The summed E-state index contributed by atoms with van der Waals surface area (Å²) in [6.45, 7) is 3.02. The number of nitrogens with zero attached hydrogens (tertiary/aromatic N) is 4. The van der Waals surface area contributed by atoms with Crippen LogP contribution in [0.1, 0.15) is 12.8 Å². The van der Waals surface area contributed by atoms with E-state index in [4.69, 9.17) is 14.5 Å². The topological polar surface area (TPSA) is 72.4 Å². The van der Waals surface area contributed by atoms with Crippen molar-refractivity contribution in [3.63, 3.8) is 0 Å². The van der Waals surface area contributed by atoms with Crippen molar-refractivity contribution < 1.29 is 9.47 Å². The summed E-state index contributed by atoms with van der Waals surface area (Å²) in [5.74, 6) is 1.09. The van der Waals surface area contributed by atoms with E-state index in [1.165, 1.54) is 0 Å². The predicted octanol–water partition coefficient (Wildman–Crippen LogP) is 3.11. The molecule has 2 saturated heterocycles. The molecule has 138 valence electrons. The number of hydrogen-bond donors (Lipinski definition) is 1. The van der Waals surface area contributed by atoms with Crippen molar-refractivity contribution in [2.24, 2.45) is 0 Å². The molecule has 27 heavy (non-hydrogen) atoms. The first kappa shape index (κ1) is 16.4. The summed E-state index contributed by atoms with van der Waals surface area (Å²) in [4.78, 5) is 15.8. The van der Waals surface area contributed by atoms with Crippen molar-refractivity contribution in [2.45, 2.75) is 18.6 Å². The van der Waals surface area contributed by atoms with Gasteiger partial charge in [0.15, 0.2) is 5.79 Å². The van der Waals surface area contributed by atoms with E-state index >= 15 is 0 Å². The molecule has 1 N–H and O–H groups in total. The summed E-state index contributed by atoms with van der Waals surface area (Å²) in [5, 5.41) is 4.48. The number of benzene rings is 1. The molecule has 4 heterocycles. The van der Waals surface area contributed by atoms with Gasteiger partial charge in [0.2, 0.25) is 5.95 Å². The average Bonchev–Trinajstić information content (AvgIpc) is 3.17. The third-order valence-electron chi connectivity index (χ3n) is 5.16. The maximum atomic E-state index is 5.80. The first-order valence-electron chi connectivity index (χ1n) is 9.28. The van der Waals surface area contributed by atoms with Crippen LogP contribution in [0.5, 0.6) is 0 Å². The van der Waals surface area contributed by atoms with E-state index in [2.05, 4.69) is 32.3 Å². The standard InChI is InChI=1S/C20H21N5O2/c1-3-15-4-2-9-21-18(15)16(5-1)23-17-6-10-22-19(24-17)25-11-7-20(8-12-25)26-13-14-27-20/h1-6,9-10H,7-8,11-14H2,(H,22,23,24). The number of nitrogens with one attached hydrogen (secondary N) is 1. The van der Waals surface area contributed by atoms with Crippen LogP contribution in [0.3, 0.4) is 0 Å². The highest BCUT2D eigenvalue weighted by Crippen LogP contribution is 2.32. The van der Waals surface area contributed by atoms with Gasteiger partial charge < -0.3 is 19.7 Å². The van der Waals surface area contributed by atoms with E-state index in [1.54, 1.807) is 12.4 Å². The van der Waals surface area contributed by atoms with E-state index in [9.17, 15) is 0 Å². The lowest BCUT2D eigenvalue weighted by molar-refractivity contribution is -0.169. The minimum atomic E-state index is -0.388. The van der Waals surface area contributed by atoms with Crippen LogP contribution >= 0.6 is 0 Å². The van der Waals surface area contributed by atoms with Crippen LogP contribution < -0.4 is 10.2 Å². The van der Waals surface area contributed by atoms with Gasteiger partial charge in [-0.25, -0.2) is 4.98 Å². The fourth-order valence-electron chi connectivity index (χ4n) is 3.75. The molecule has 5 rings (SSSR count). The van der Waals surface area contributed by atoms with E-state index in [0.717, 1.165) is 54.3 Å². The normalized spacial score (nSPS) is 18.9. The number of ether oxygens (including phenoxy) is 2. The molecule has 0 unspecified atom stereocenters. The lowest BCUT2D eigenvalue weighted by atomic mass is 10.0. The van der Waals surface area contributed by atoms with Gasteiger partial charge in [0, 0.05) is 43.7 Å². The number of fused-ring (bicyclic) bond motifs is 1. The Bertz CT molecular complexity index is 943. The van der Waals surface area contributed by atoms with Gasteiger partial charge in [-0.3, -0.25) is 4.98 Å². The smallest absolute Gasteiger partial charge is 0.227 e. The Morgan fingerprint density at radius 3 is 2.59 bits per heavy atom. The minimum absolute atomic E-state index is 0.388. The molecule has 2 fully saturated rings. The third-order valence-corrected chi connectivity index (χ3v) is 5.16. The SMILES string of the molecule is c1cnc2c(Nc3ccnc(N4CCC5(CC4)OCCO5)n3)cccc2c1. The number of anilines is 3. The van der Waals surface area contributed by atoms with Crippen molar-refractivity contribution >= 4 is 28.4 Å². The van der Waals surface area contributed by atoms with Crippen molar-refractivity contribution in [3.05, 3.63) is 48.8 Å². The van der Waals surface area contributed by atoms with E-state index in [1.807, 2.05) is 24.3 Å². The third kappa shape index (κ3) is 3.20. The molecule has 0 atom stereocenters. The number of piperidine rings is 1. The quantitative estimate of drug-likeness (QED) is 0.766. The number of hydrogen-bond acceptors (Lipinski definition) is 7. The molecule has 0 saturated carbocycles. The number of para-hydroxylation sites is 1. The van der Waals surface area contributed by atoms with Crippen LogP contribution in [0.2, 0.25) is 0 Å². The van der Waals surface area contributed by atoms with Gasteiger partial charge in [-0.15, -0.1) is 0 Å². The fourth-order valence-corrected chi connectivity index (χ4v) is 3.75. The highest BCUT2D eigenvalue weighted by Gasteiger charge is 2.40. The number of pyridine rings is 1. The molecule has 2 aliphatic rings. The predicted molar refractivity (Wildman–Crippen MR) is 103 cm³/mol. The van der Waals surface area contributed by atoms with Crippen molar-refractivity contribution in [1.82, 2.24) is 15.0 Å².